The first kappa shape index (κ1) is 14.0. The van der Waals surface area contributed by atoms with Crippen LogP contribution in [0.3, 0.4) is 0 Å². The number of aliphatic hydroxyl groups excluding tert-OH is 1. The summed E-state index contributed by atoms with van der Waals surface area (Å²) in [5, 5.41) is 18.7. The van der Waals surface area contributed by atoms with Gasteiger partial charge in [0, 0.05) is 5.92 Å². The molecule has 0 aliphatic heterocycles. The maximum atomic E-state index is 10.8. The predicted octanol–water partition coefficient (Wildman–Crippen LogP) is 2.06. The van der Waals surface area contributed by atoms with E-state index in [-0.39, 0.29) is 18.3 Å². The number of rotatable bonds is 6. The van der Waals surface area contributed by atoms with Gasteiger partial charge in [0.25, 0.3) is 0 Å². The van der Waals surface area contributed by atoms with Gasteiger partial charge in [0.15, 0.2) is 0 Å². The first-order valence-electron chi connectivity index (χ1n) is 6.68. The first-order chi connectivity index (χ1) is 9.16. The fraction of sp³-hybridized carbons (Fsp3) is 0.533. The Hall–Kier alpha value is -1.39. The molecule has 1 fully saturated rings. The van der Waals surface area contributed by atoms with Crippen LogP contribution in [0.25, 0.3) is 0 Å². The molecule has 4 nitrogen and oxygen atoms in total. The van der Waals surface area contributed by atoms with Gasteiger partial charge in [-0.3, -0.25) is 4.79 Å². The van der Waals surface area contributed by atoms with Crippen molar-refractivity contribution in [2.45, 2.75) is 32.0 Å². The molecule has 4 heteroatoms. The van der Waals surface area contributed by atoms with E-state index in [9.17, 15) is 9.90 Å². The SMILES string of the molecule is O=C(O)C[C@H]1[C@H](COCc2ccccc2)CC[C@H]1O. The third kappa shape index (κ3) is 4.04. The molecule has 3 atom stereocenters. The maximum absolute atomic E-state index is 10.8. The second-order valence-corrected chi connectivity index (χ2v) is 5.17. The van der Waals surface area contributed by atoms with Crippen molar-refractivity contribution in [1.29, 1.82) is 0 Å². The van der Waals surface area contributed by atoms with E-state index in [1.165, 1.54) is 0 Å². The van der Waals surface area contributed by atoms with Crippen molar-refractivity contribution in [3.05, 3.63) is 35.9 Å². The minimum Gasteiger partial charge on any atom is -0.481 e. The molecule has 0 unspecified atom stereocenters. The molecule has 0 heterocycles. The number of benzene rings is 1. The highest BCUT2D eigenvalue weighted by Crippen LogP contribution is 2.34. The van der Waals surface area contributed by atoms with Crippen LogP contribution in [-0.2, 0) is 16.1 Å². The largest absolute Gasteiger partial charge is 0.481 e. The van der Waals surface area contributed by atoms with E-state index in [1.54, 1.807) is 0 Å². The third-order valence-electron chi connectivity index (χ3n) is 3.79. The minimum atomic E-state index is -0.848. The zero-order valence-corrected chi connectivity index (χ0v) is 10.9. The molecule has 104 valence electrons. The monoisotopic (exact) mass is 264 g/mol. The smallest absolute Gasteiger partial charge is 0.303 e. The lowest BCUT2D eigenvalue weighted by Crippen LogP contribution is -2.25. The molecular weight excluding hydrogens is 244 g/mol. The molecule has 1 saturated carbocycles. The van der Waals surface area contributed by atoms with Crippen molar-refractivity contribution < 1.29 is 19.7 Å². The molecule has 1 aliphatic rings. The molecule has 0 saturated heterocycles. The summed E-state index contributed by atoms with van der Waals surface area (Å²) in [6.07, 6.45) is 1.05. The molecule has 0 bridgehead atoms. The van der Waals surface area contributed by atoms with Crippen LogP contribution < -0.4 is 0 Å². The Bertz CT molecular complexity index is 404. The number of carboxylic acids is 1. The topological polar surface area (TPSA) is 66.8 Å². The van der Waals surface area contributed by atoms with Crippen LogP contribution in [0, 0.1) is 11.8 Å². The van der Waals surface area contributed by atoms with Gasteiger partial charge in [-0.05, 0) is 24.3 Å². The Labute approximate surface area is 113 Å². The normalized spacial score (nSPS) is 26.5. The van der Waals surface area contributed by atoms with Crippen LogP contribution in [0.1, 0.15) is 24.8 Å². The van der Waals surface area contributed by atoms with Crippen LogP contribution in [0.4, 0.5) is 0 Å². The molecule has 19 heavy (non-hydrogen) atoms. The summed E-state index contributed by atoms with van der Waals surface area (Å²) in [7, 11) is 0. The van der Waals surface area contributed by atoms with Gasteiger partial charge in [-0.15, -0.1) is 0 Å². The van der Waals surface area contributed by atoms with Gasteiger partial charge in [-0.1, -0.05) is 30.3 Å². The van der Waals surface area contributed by atoms with Crippen LogP contribution >= 0.6 is 0 Å². The summed E-state index contributed by atoms with van der Waals surface area (Å²) in [6, 6.07) is 9.88. The lowest BCUT2D eigenvalue weighted by atomic mass is 9.92. The van der Waals surface area contributed by atoms with Gasteiger partial charge >= 0.3 is 5.97 Å². The number of carboxylic acid groups (broad SMARTS) is 1. The van der Waals surface area contributed by atoms with Crippen LogP contribution in [-0.4, -0.2) is 28.9 Å². The van der Waals surface area contributed by atoms with Crippen molar-refractivity contribution in [2.24, 2.45) is 11.8 Å². The summed E-state index contributed by atoms with van der Waals surface area (Å²) in [5.41, 5.74) is 1.11. The van der Waals surface area contributed by atoms with Crippen molar-refractivity contribution >= 4 is 5.97 Å². The zero-order valence-electron chi connectivity index (χ0n) is 10.9. The number of hydrogen-bond acceptors (Lipinski definition) is 3. The van der Waals surface area contributed by atoms with Gasteiger partial charge in [0.2, 0.25) is 0 Å². The van der Waals surface area contributed by atoms with E-state index < -0.39 is 12.1 Å². The highest BCUT2D eigenvalue weighted by Gasteiger charge is 2.36. The molecule has 0 radical (unpaired) electrons. The first-order valence-corrected chi connectivity index (χ1v) is 6.68. The summed E-state index contributed by atoms with van der Waals surface area (Å²) < 4.78 is 5.66. The number of hydrogen-bond donors (Lipinski definition) is 2. The number of ether oxygens (including phenoxy) is 1. The lowest BCUT2D eigenvalue weighted by molar-refractivity contribution is -0.139. The summed E-state index contributed by atoms with van der Waals surface area (Å²) >= 11 is 0. The molecule has 1 aromatic rings. The highest BCUT2D eigenvalue weighted by atomic mass is 16.5. The molecule has 0 amide bonds. The number of aliphatic carboxylic acids is 1. The van der Waals surface area contributed by atoms with Crippen molar-refractivity contribution in [2.75, 3.05) is 6.61 Å². The predicted molar refractivity (Wildman–Crippen MR) is 70.6 cm³/mol. The van der Waals surface area contributed by atoms with E-state index in [4.69, 9.17) is 9.84 Å². The second-order valence-electron chi connectivity index (χ2n) is 5.17. The maximum Gasteiger partial charge on any atom is 0.303 e. The van der Waals surface area contributed by atoms with Crippen molar-refractivity contribution in [3.63, 3.8) is 0 Å². The van der Waals surface area contributed by atoms with E-state index in [1.807, 2.05) is 30.3 Å². The lowest BCUT2D eigenvalue weighted by Gasteiger charge is -2.20. The van der Waals surface area contributed by atoms with E-state index in [0.29, 0.717) is 19.6 Å². The molecule has 0 spiro atoms. The molecule has 2 N–H and O–H groups in total. The molecule has 2 rings (SSSR count). The minimum absolute atomic E-state index is 0.0283. The Kier molecular flexibility index (Phi) is 4.93. The number of carbonyl (C=O) groups is 1. The highest BCUT2D eigenvalue weighted by molar-refractivity contribution is 5.67. The summed E-state index contributed by atoms with van der Waals surface area (Å²) in [6.45, 7) is 1.05. The van der Waals surface area contributed by atoms with Gasteiger partial charge in [-0.2, -0.15) is 0 Å². The van der Waals surface area contributed by atoms with Gasteiger partial charge < -0.3 is 14.9 Å². The number of aliphatic hydroxyl groups is 1. The summed E-state index contributed by atoms with van der Waals surface area (Å²) in [4.78, 5) is 10.8. The second kappa shape index (κ2) is 6.68. The average Bonchev–Trinajstić information content (AvgIpc) is 2.72. The fourth-order valence-corrected chi connectivity index (χ4v) is 2.74. The van der Waals surface area contributed by atoms with Crippen LogP contribution in [0.5, 0.6) is 0 Å². The van der Waals surface area contributed by atoms with Crippen LogP contribution in [0.15, 0.2) is 30.3 Å². The fourth-order valence-electron chi connectivity index (χ4n) is 2.74. The Morgan fingerprint density at radius 1 is 1.26 bits per heavy atom. The zero-order chi connectivity index (χ0) is 13.7. The molecule has 1 aromatic carbocycles. The summed E-state index contributed by atoms with van der Waals surface area (Å²) in [5.74, 6) is -0.873. The quantitative estimate of drug-likeness (QED) is 0.825. The Morgan fingerprint density at radius 2 is 2.00 bits per heavy atom. The molecule has 1 aliphatic carbocycles. The molecular formula is C15H20O4. The van der Waals surface area contributed by atoms with Crippen molar-refractivity contribution in [3.8, 4) is 0 Å². The average molecular weight is 264 g/mol. The van der Waals surface area contributed by atoms with Gasteiger partial charge in [0.1, 0.15) is 0 Å². The van der Waals surface area contributed by atoms with Crippen molar-refractivity contribution in [1.82, 2.24) is 0 Å². The van der Waals surface area contributed by atoms with Gasteiger partial charge in [0.05, 0.1) is 25.7 Å². The van der Waals surface area contributed by atoms with E-state index in [0.717, 1.165) is 12.0 Å². The Balaban J connectivity index is 1.80. The standard InChI is InChI=1S/C15H20O4/c16-14-7-6-12(13(14)8-15(17)18)10-19-9-11-4-2-1-3-5-11/h1-5,12-14,16H,6-10H2,(H,17,18)/t12-,13-,14+/m0/s1. The third-order valence-corrected chi connectivity index (χ3v) is 3.79. The van der Waals surface area contributed by atoms with E-state index in [2.05, 4.69) is 0 Å². The molecule has 0 aromatic heterocycles. The Morgan fingerprint density at radius 3 is 2.68 bits per heavy atom. The van der Waals surface area contributed by atoms with Gasteiger partial charge in [-0.25, -0.2) is 0 Å². The van der Waals surface area contributed by atoms with Crippen LogP contribution in [0.2, 0.25) is 0 Å². The van der Waals surface area contributed by atoms with E-state index >= 15 is 0 Å².